The molecule has 0 bridgehead atoms. The van der Waals surface area contributed by atoms with Crippen molar-refractivity contribution in [3.8, 4) is 0 Å². The summed E-state index contributed by atoms with van der Waals surface area (Å²) in [6.07, 6.45) is 3.46. The topological polar surface area (TPSA) is 71.3 Å². The molecule has 7 nitrogen and oxygen atoms in total. The van der Waals surface area contributed by atoms with Crippen LogP contribution in [0.5, 0.6) is 0 Å². The first kappa shape index (κ1) is 20.5. The highest BCUT2D eigenvalue weighted by molar-refractivity contribution is 9.10. The average Bonchev–Trinajstić information content (AvgIpc) is 2.94. The molecule has 2 amide bonds. The molecule has 1 aliphatic heterocycles. The van der Waals surface area contributed by atoms with Gasteiger partial charge in [-0.25, -0.2) is 9.59 Å². The highest BCUT2D eigenvalue weighted by atomic mass is 79.9. The standard InChI is InChI=1S/C22H26BrN5O2/c1-14-11-15(7-8-16(14)23)24-21(29)25-17-12-19-20(27(3)22(30)26(19)2)13-18(17)28-9-5-4-6-10-28/h7-8,11-13H,4-6,9-10H2,1-3H3,(H2,24,25,29). The number of anilines is 3. The highest BCUT2D eigenvalue weighted by Crippen LogP contribution is 2.33. The normalized spacial score (nSPS) is 14.2. The highest BCUT2D eigenvalue weighted by Gasteiger charge is 2.20. The number of imidazole rings is 1. The Hall–Kier alpha value is -2.74. The number of rotatable bonds is 3. The fourth-order valence-electron chi connectivity index (χ4n) is 4.04. The van der Waals surface area contributed by atoms with Crippen molar-refractivity contribution in [2.24, 2.45) is 14.1 Å². The number of amides is 2. The van der Waals surface area contributed by atoms with Crippen LogP contribution in [0.3, 0.4) is 0 Å². The van der Waals surface area contributed by atoms with E-state index in [2.05, 4.69) is 31.5 Å². The number of halogens is 1. The maximum atomic E-state index is 12.8. The number of urea groups is 1. The Bertz CT molecular complexity index is 1170. The van der Waals surface area contributed by atoms with Crippen LogP contribution in [0, 0.1) is 6.92 Å². The zero-order chi connectivity index (χ0) is 21.4. The van der Waals surface area contributed by atoms with Crippen molar-refractivity contribution in [3.05, 3.63) is 50.9 Å². The molecule has 0 aliphatic carbocycles. The average molecular weight is 472 g/mol. The van der Waals surface area contributed by atoms with Gasteiger partial charge in [-0.15, -0.1) is 0 Å². The van der Waals surface area contributed by atoms with E-state index in [9.17, 15) is 9.59 Å². The second-order valence-electron chi connectivity index (χ2n) is 7.85. The van der Waals surface area contributed by atoms with Crippen LogP contribution in [0.1, 0.15) is 24.8 Å². The predicted octanol–water partition coefficient (Wildman–Crippen LogP) is 4.58. The second-order valence-corrected chi connectivity index (χ2v) is 8.70. The molecular weight excluding hydrogens is 446 g/mol. The molecule has 1 fully saturated rings. The summed E-state index contributed by atoms with van der Waals surface area (Å²) >= 11 is 3.48. The second kappa shape index (κ2) is 8.18. The summed E-state index contributed by atoms with van der Waals surface area (Å²) in [6, 6.07) is 9.28. The minimum Gasteiger partial charge on any atom is -0.370 e. The fourth-order valence-corrected chi connectivity index (χ4v) is 4.28. The van der Waals surface area contributed by atoms with Crippen molar-refractivity contribution in [2.75, 3.05) is 28.6 Å². The maximum Gasteiger partial charge on any atom is 0.328 e. The monoisotopic (exact) mass is 471 g/mol. The van der Waals surface area contributed by atoms with Gasteiger partial charge < -0.3 is 15.5 Å². The molecule has 1 aromatic heterocycles. The van der Waals surface area contributed by atoms with E-state index in [0.717, 1.165) is 58.4 Å². The third-order valence-electron chi connectivity index (χ3n) is 5.75. The Morgan fingerprint density at radius 3 is 2.30 bits per heavy atom. The number of fused-ring (bicyclic) bond motifs is 1. The molecule has 1 saturated heterocycles. The number of nitrogens with one attached hydrogen (secondary N) is 2. The number of hydrogen-bond acceptors (Lipinski definition) is 3. The van der Waals surface area contributed by atoms with Gasteiger partial charge in [0, 0.05) is 37.3 Å². The van der Waals surface area contributed by atoms with Crippen LogP contribution in [0.25, 0.3) is 11.0 Å². The van der Waals surface area contributed by atoms with Crippen molar-refractivity contribution in [1.82, 2.24) is 9.13 Å². The molecular formula is C22H26BrN5O2. The van der Waals surface area contributed by atoms with Crippen molar-refractivity contribution >= 4 is 50.1 Å². The molecule has 0 saturated carbocycles. The number of carbonyl (C=O) groups excluding carboxylic acids is 1. The van der Waals surface area contributed by atoms with E-state index in [0.29, 0.717) is 5.69 Å². The number of hydrogen-bond donors (Lipinski definition) is 2. The molecule has 0 radical (unpaired) electrons. The van der Waals surface area contributed by atoms with Gasteiger partial charge in [0.2, 0.25) is 0 Å². The van der Waals surface area contributed by atoms with Gasteiger partial charge in [0.1, 0.15) is 0 Å². The third-order valence-corrected chi connectivity index (χ3v) is 6.64. The van der Waals surface area contributed by atoms with Gasteiger partial charge in [-0.2, -0.15) is 0 Å². The van der Waals surface area contributed by atoms with E-state index < -0.39 is 0 Å². The molecule has 0 atom stereocenters. The van der Waals surface area contributed by atoms with Gasteiger partial charge >= 0.3 is 11.7 Å². The van der Waals surface area contributed by atoms with E-state index in [1.807, 2.05) is 37.3 Å². The summed E-state index contributed by atoms with van der Waals surface area (Å²) in [5, 5.41) is 5.92. The molecule has 3 aromatic rings. The van der Waals surface area contributed by atoms with Gasteiger partial charge in [-0.1, -0.05) is 15.9 Å². The minimum absolute atomic E-state index is 0.0819. The van der Waals surface area contributed by atoms with Crippen LogP contribution in [-0.2, 0) is 14.1 Å². The number of carbonyl (C=O) groups is 1. The summed E-state index contributed by atoms with van der Waals surface area (Å²) in [7, 11) is 3.53. The fraction of sp³-hybridized carbons (Fsp3) is 0.364. The minimum atomic E-state index is -0.310. The Kier molecular flexibility index (Phi) is 5.60. The third kappa shape index (κ3) is 3.84. The van der Waals surface area contributed by atoms with Crippen molar-refractivity contribution in [1.29, 1.82) is 0 Å². The number of benzene rings is 2. The molecule has 2 N–H and O–H groups in total. The van der Waals surface area contributed by atoms with Crippen LogP contribution in [0.4, 0.5) is 21.9 Å². The molecule has 8 heteroatoms. The van der Waals surface area contributed by atoms with E-state index in [-0.39, 0.29) is 11.7 Å². The molecule has 0 unspecified atom stereocenters. The van der Waals surface area contributed by atoms with E-state index >= 15 is 0 Å². The maximum absolute atomic E-state index is 12.8. The first-order chi connectivity index (χ1) is 14.3. The van der Waals surface area contributed by atoms with Crippen LogP contribution in [0.15, 0.2) is 39.6 Å². The number of aromatic nitrogens is 2. The van der Waals surface area contributed by atoms with Crippen LogP contribution in [-0.4, -0.2) is 28.3 Å². The van der Waals surface area contributed by atoms with Gasteiger partial charge in [0.05, 0.1) is 22.4 Å². The van der Waals surface area contributed by atoms with Crippen molar-refractivity contribution in [2.45, 2.75) is 26.2 Å². The van der Waals surface area contributed by atoms with Crippen molar-refractivity contribution in [3.63, 3.8) is 0 Å². The molecule has 0 spiro atoms. The lowest BCUT2D eigenvalue weighted by Gasteiger charge is -2.30. The Labute approximate surface area is 183 Å². The molecule has 4 rings (SSSR count). The lowest BCUT2D eigenvalue weighted by molar-refractivity contribution is 0.262. The van der Waals surface area contributed by atoms with E-state index in [4.69, 9.17) is 0 Å². The summed E-state index contributed by atoms with van der Waals surface area (Å²) in [4.78, 5) is 27.5. The van der Waals surface area contributed by atoms with Gasteiger partial charge in [-0.3, -0.25) is 9.13 Å². The summed E-state index contributed by atoms with van der Waals surface area (Å²) < 4.78 is 4.25. The predicted molar refractivity (Wildman–Crippen MR) is 126 cm³/mol. The zero-order valence-electron chi connectivity index (χ0n) is 17.5. The number of piperidine rings is 1. The molecule has 30 heavy (non-hydrogen) atoms. The largest absolute Gasteiger partial charge is 0.370 e. The lowest BCUT2D eigenvalue weighted by atomic mass is 10.1. The number of nitrogens with zero attached hydrogens (tertiary/aromatic N) is 3. The molecule has 2 heterocycles. The summed E-state index contributed by atoms with van der Waals surface area (Å²) in [5.74, 6) is 0. The summed E-state index contributed by atoms with van der Waals surface area (Å²) in [5.41, 5.74) is 4.99. The van der Waals surface area contributed by atoms with Gasteiger partial charge in [-0.05, 0) is 62.1 Å². The Morgan fingerprint density at radius 1 is 0.967 bits per heavy atom. The molecule has 2 aromatic carbocycles. The number of aryl methyl sites for hydroxylation is 3. The van der Waals surface area contributed by atoms with Crippen LogP contribution >= 0.6 is 15.9 Å². The Morgan fingerprint density at radius 2 is 1.63 bits per heavy atom. The van der Waals surface area contributed by atoms with E-state index in [1.165, 1.54) is 6.42 Å². The van der Waals surface area contributed by atoms with Gasteiger partial charge in [0.25, 0.3) is 0 Å². The van der Waals surface area contributed by atoms with Gasteiger partial charge in [0.15, 0.2) is 0 Å². The lowest BCUT2D eigenvalue weighted by Crippen LogP contribution is -2.31. The smallest absolute Gasteiger partial charge is 0.328 e. The van der Waals surface area contributed by atoms with E-state index in [1.54, 1.807) is 23.2 Å². The Balaban J connectivity index is 1.70. The zero-order valence-corrected chi connectivity index (χ0v) is 19.0. The first-order valence-corrected chi connectivity index (χ1v) is 10.9. The SMILES string of the molecule is Cc1cc(NC(=O)Nc2cc3c(cc2N2CCCCC2)n(C)c(=O)n3C)ccc1Br. The van der Waals surface area contributed by atoms with Crippen molar-refractivity contribution < 1.29 is 4.79 Å². The molecule has 1 aliphatic rings. The molecule has 158 valence electrons. The summed E-state index contributed by atoms with van der Waals surface area (Å²) in [6.45, 7) is 3.86. The quantitative estimate of drug-likeness (QED) is 0.586. The first-order valence-electron chi connectivity index (χ1n) is 10.1. The van der Waals surface area contributed by atoms with Crippen LogP contribution in [0.2, 0.25) is 0 Å². The van der Waals surface area contributed by atoms with Crippen LogP contribution < -0.4 is 21.2 Å².